The lowest BCUT2D eigenvalue weighted by Gasteiger charge is -2.23. The quantitative estimate of drug-likeness (QED) is 0.493. The van der Waals surface area contributed by atoms with Gasteiger partial charge in [-0.15, -0.1) is 0 Å². The van der Waals surface area contributed by atoms with Gasteiger partial charge in [0.05, 0.1) is 12.1 Å². The average molecular weight is 432 g/mol. The summed E-state index contributed by atoms with van der Waals surface area (Å²) in [6.45, 7) is 2.39. The maximum atomic E-state index is 13.3. The molecule has 1 atom stereocenters. The molecule has 6 nitrogen and oxygen atoms in total. The zero-order chi connectivity index (χ0) is 22.5. The number of aryl methyl sites for hydroxylation is 1. The van der Waals surface area contributed by atoms with Crippen molar-refractivity contribution < 1.29 is 14.4 Å². The van der Waals surface area contributed by atoms with Crippen molar-refractivity contribution in [2.24, 2.45) is 0 Å². The van der Waals surface area contributed by atoms with Crippen molar-refractivity contribution in [3.8, 4) is 0 Å². The summed E-state index contributed by atoms with van der Waals surface area (Å²) in [5.74, 6) is -0.630. The van der Waals surface area contributed by atoms with Crippen molar-refractivity contribution in [1.29, 1.82) is 0 Å². The second-order valence-electron chi connectivity index (χ2n) is 8.48. The lowest BCUT2D eigenvalue weighted by atomic mass is 9.97. The molecule has 1 N–H and O–H groups in total. The van der Waals surface area contributed by atoms with Crippen molar-refractivity contribution in [1.82, 2.24) is 4.90 Å². The number of imide groups is 1. The number of allylic oxidation sites excluding steroid dienone is 1. The second-order valence-corrected chi connectivity index (χ2v) is 8.48. The third-order valence-electron chi connectivity index (χ3n) is 6.11. The summed E-state index contributed by atoms with van der Waals surface area (Å²) < 4.78 is 0. The molecule has 2 aromatic rings. The first-order valence-corrected chi connectivity index (χ1v) is 11.3. The molecule has 166 valence electrons. The topological polar surface area (TPSA) is 69.7 Å². The van der Waals surface area contributed by atoms with E-state index in [1.807, 2.05) is 37.3 Å². The molecule has 0 saturated carbocycles. The summed E-state index contributed by atoms with van der Waals surface area (Å²) in [5, 5.41) is 2.83. The van der Waals surface area contributed by atoms with E-state index in [1.165, 1.54) is 16.9 Å². The second kappa shape index (κ2) is 9.81. The number of carbonyl (C=O) groups excluding carboxylic acids is 3. The Bertz CT molecular complexity index is 1010. The molecular formula is C26H29N3O3. The van der Waals surface area contributed by atoms with E-state index in [2.05, 4.69) is 11.4 Å². The molecule has 1 fully saturated rings. The molecule has 32 heavy (non-hydrogen) atoms. The molecule has 1 aliphatic carbocycles. The minimum Gasteiger partial charge on any atom is -0.326 e. The summed E-state index contributed by atoms with van der Waals surface area (Å²) in [4.78, 5) is 42.1. The van der Waals surface area contributed by atoms with Crippen LogP contribution in [-0.2, 0) is 9.59 Å². The van der Waals surface area contributed by atoms with E-state index in [-0.39, 0.29) is 24.3 Å². The first-order valence-electron chi connectivity index (χ1n) is 11.3. The lowest BCUT2D eigenvalue weighted by Crippen LogP contribution is -2.38. The predicted octanol–water partition coefficient (Wildman–Crippen LogP) is 5.05. The number of amides is 4. The molecule has 1 saturated heterocycles. The van der Waals surface area contributed by atoms with Gasteiger partial charge in [-0.25, -0.2) is 9.69 Å². The van der Waals surface area contributed by atoms with E-state index in [4.69, 9.17) is 0 Å². The third-order valence-corrected chi connectivity index (χ3v) is 6.11. The predicted molar refractivity (Wildman–Crippen MR) is 125 cm³/mol. The van der Waals surface area contributed by atoms with Gasteiger partial charge in [-0.3, -0.25) is 9.59 Å². The van der Waals surface area contributed by atoms with Crippen molar-refractivity contribution >= 4 is 29.2 Å². The van der Waals surface area contributed by atoms with Gasteiger partial charge in [-0.05, 0) is 63.3 Å². The Morgan fingerprint density at radius 1 is 1.03 bits per heavy atom. The molecule has 0 bridgehead atoms. The highest BCUT2D eigenvalue weighted by Gasteiger charge is 2.46. The molecule has 4 amide bonds. The first kappa shape index (κ1) is 21.8. The normalized spacial score (nSPS) is 18.7. The van der Waals surface area contributed by atoms with Gasteiger partial charge in [0.1, 0.15) is 6.04 Å². The zero-order valence-corrected chi connectivity index (χ0v) is 18.4. The maximum Gasteiger partial charge on any atom is 0.332 e. The smallest absolute Gasteiger partial charge is 0.326 e. The first-order chi connectivity index (χ1) is 15.5. The van der Waals surface area contributed by atoms with Crippen LogP contribution < -0.4 is 10.2 Å². The molecule has 0 unspecified atom stereocenters. The van der Waals surface area contributed by atoms with E-state index in [0.29, 0.717) is 17.9 Å². The number of urea groups is 1. The summed E-state index contributed by atoms with van der Waals surface area (Å²) in [6, 6.07) is 15.3. The van der Waals surface area contributed by atoms with Crippen LogP contribution in [0.5, 0.6) is 0 Å². The maximum absolute atomic E-state index is 13.3. The van der Waals surface area contributed by atoms with Gasteiger partial charge in [-0.1, -0.05) is 47.5 Å². The van der Waals surface area contributed by atoms with E-state index >= 15 is 0 Å². The fraction of sp³-hybridized carbons (Fsp3) is 0.346. The Hall–Kier alpha value is -3.41. The van der Waals surface area contributed by atoms with E-state index in [9.17, 15) is 14.4 Å². The van der Waals surface area contributed by atoms with Gasteiger partial charge in [0.25, 0.3) is 5.91 Å². The van der Waals surface area contributed by atoms with Crippen LogP contribution in [0.4, 0.5) is 16.2 Å². The van der Waals surface area contributed by atoms with Gasteiger partial charge in [0.2, 0.25) is 5.91 Å². The number of anilines is 2. The standard InChI is InChI=1S/C26H29N3O3/c1-19-12-14-22(15-13-19)29-25(31)23(18-24(30)27-21-10-6-3-7-11-21)28(26(29)32)17-16-20-8-4-2-5-9-20/h3,6-8,10-15,23H,2,4-5,9,16-18H2,1H3,(H,27,30)/t23-/m1/s1. The van der Waals surface area contributed by atoms with Crippen molar-refractivity contribution in [2.75, 3.05) is 16.8 Å². The number of carbonyl (C=O) groups is 3. The van der Waals surface area contributed by atoms with Crippen LogP contribution >= 0.6 is 0 Å². The molecule has 0 radical (unpaired) electrons. The van der Waals surface area contributed by atoms with Crippen LogP contribution in [0.3, 0.4) is 0 Å². The van der Waals surface area contributed by atoms with E-state index in [1.54, 1.807) is 29.2 Å². The van der Waals surface area contributed by atoms with Gasteiger partial charge in [0, 0.05) is 12.2 Å². The molecule has 2 aliphatic rings. The SMILES string of the molecule is Cc1ccc(N2C(=O)[C@@H](CC(=O)Nc3ccccc3)N(CCC3=CCCCC3)C2=O)cc1. The Kier molecular flexibility index (Phi) is 6.69. The number of hydrogen-bond donors (Lipinski definition) is 1. The van der Waals surface area contributed by atoms with Crippen LogP contribution in [0.15, 0.2) is 66.2 Å². The Labute approximate surface area is 188 Å². The zero-order valence-electron chi connectivity index (χ0n) is 18.4. The number of para-hydroxylation sites is 1. The molecule has 2 aromatic carbocycles. The van der Waals surface area contributed by atoms with Crippen LogP contribution in [0.2, 0.25) is 0 Å². The Morgan fingerprint density at radius 3 is 2.47 bits per heavy atom. The molecule has 0 aromatic heterocycles. The highest BCUT2D eigenvalue weighted by molar-refractivity contribution is 6.22. The van der Waals surface area contributed by atoms with Crippen molar-refractivity contribution in [2.45, 2.75) is 51.5 Å². The van der Waals surface area contributed by atoms with Crippen molar-refractivity contribution in [3.63, 3.8) is 0 Å². The largest absolute Gasteiger partial charge is 0.332 e. The summed E-state index contributed by atoms with van der Waals surface area (Å²) in [6.07, 6.45) is 7.39. The molecular weight excluding hydrogens is 402 g/mol. The fourth-order valence-corrected chi connectivity index (χ4v) is 4.32. The molecule has 0 spiro atoms. The van der Waals surface area contributed by atoms with Crippen molar-refractivity contribution in [3.05, 3.63) is 71.8 Å². The molecule has 1 aliphatic heterocycles. The summed E-state index contributed by atoms with van der Waals surface area (Å²) in [7, 11) is 0. The third kappa shape index (κ3) is 4.90. The number of hydrogen-bond acceptors (Lipinski definition) is 3. The average Bonchev–Trinajstić information content (AvgIpc) is 3.03. The monoisotopic (exact) mass is 431 g/mol. The minimum atomic E-state index is -0.809. The molecule has 1 heterocycles. The number of nitrogens with zero attached hydrogens (tertiary/aromatic N) is 2. The Balaban J connectivity index is 1.53. The summed E-state index contributed by atoms with van der Waals surface area (Å²) in [5.41, 5.74) is 3.59. The lowest BCUT2D eigenvalue weighted by molar-refractivity contribution is -0.124. The molecule has 6 heteroatoms. The highest BCUT2D eigenvalue weighted by atomic mass is 16.2. The van der Waals surface area contributed by atoms with Gasteiger partial charge < -0.3 is 10.2 Å². The number of rotatable bonds is 7. The van der Waals surface area contributed by atoms with Gasteiger partial charge in [-0.2, -0.15) is 0 Å². The van der Waals surface area contributed by atoms with E-state index in [0.717, 1.165) is 31.2 Å². The van der Waals surface area contributed by atoms with Crippen LogP contribution in [0.1, 0.15) is 44.1 Å². The summed E-state index contributed by atoms with van der Waals surface area (Å²) >= 11 is 0. The van der Waals surface area contributed by atoms with Crippen LogP contribution in [0.25, 0.3) is 0 Å². The highest BCUT2D eigenvalue weighted by Crippen LogP contribution is 2.29. The number of benzene rings is 2. The fourth-order valence-electron chi connectivity index (χ4n) is 4.32. The van der Waals surface area contributed by atoms with E-state index < -0.39 is 6.04 Å². The van der Waals surface area contributed by atoms with Gasteiger partial charge in [0.15, 0.2) is 0 Å². The number of nitrogens with one attached hydrogen (secondary N) is 1. The molecule has 4 rings (SSSR count). The van der Waals surface area contributed by atoms with Gasteiger partial charge >= 0.3 is 6.03 Å². The minimum absolute atomic E-state index is 0.0686. The van der Waals surface area contributed by atoms with Crippen LogP contribution in [-0.4, -0.2) is 35.3 Å². The van der Waals surface area contributed by atoms with Crippen LogP contribution in [0, 0.1) is 6.92 Å². The Morgan fingerprint density at radius 2 is 1.78 bits per heavy atom.